The molecule has 2 aromatic rings. The van der Waals surface area contributed by atoms with Crippen LogP contribution in [0.4, 0.5) is 14.5 Å². The third kappa shape index (κ3) is 6.43. The van der Waals surface area contributed by atoms with Crippen molar-refractivity contribution >= 4 is 23.4 Å². The summed E-state index contributed by atoms with van der Waals surface area (Å²) in [4.78, 5) is 36.2. The van der Waals surface area contributed by atoms with E-state index >= 15 is 0 Å². The summed E-state index contributed by atoms with van der Waals surface area (Å²) >= 11 is 0. The highest BCUT2D eigenvalue weighted by atomic mass is 19.3. The Bertz CT molecular complexity index is 921. The number of methoxy groups -OCH3 is 1. The van der Waals surface area contributed by atoms with Crippen LogP contribution in [0.1, 0.15) is 27.6 Å². The first-order valence-corrected chi connectivity index (χ1v) is 8.93. The van der Waals surface area contributed by atoms with E-state index in [4.69, 9.17) is 4.74 Å². The first-order valence-electron chi connectivity index (χ1n) is 8.93. The van der Waals surface area contributed by atoms with Gasteiger partial charge in [-0.05, 0) is 43.3 Å². The number of carbonyl (C=O) groups excluding carboxylic acids is 3. The average Bonchev–Trinajstić information content (AvgIpc) is 2.72. The molecule has 2 rings (SSSR count). The first-order chi connectivity index (χ1) is 14.3. The van der Waals surface area contributed by atoms with Gasteiger partial charge in [0, 0.05) is 23.4 Å². The van der Waals surface area contributed by atoms with Crippen molar-refractivity contribution in [3.8, 4) is 11.5 Å². The predicted molar refractivity (Wildman–Crippen MR) is 105 cm³/mol. The number of benzene rings is 2. The summed E-state index contributed by atoms with van der Waals surface area (Å²) in [7, 11) is 1.25. The van der Waals surface area contributed by atoms with E-state index in [1.165, 1.54) is 31.4 Å². The van der Waals surface area contributed by atoms with E-state index in [9.17, 15) is 23.2 Å². The minimum absolute atomic E-state index is 0.0467. The third-order valence-corrected chi connectivity index (χ3v) is 3.80. The van der Waals surface area contributed by atoms with E-state index in [2.05, 4.69) is 20.7 Å². The zero-order chi connectivity index (χ0) is 22.1. The molecule has 0 heterocycles. The van der Waals surface area contributed by atoms with E-state index in [1.54, 1.807) is 25.1 Å². The summed E-state index contributed by atoms with van der Waals surface area (Å²) in [6, 6.07) is 10.0. The van der Waals surface area contributed by atoms with Crippen LogP contribution in [0.2, 0.25) is 0 Å². The highest BCUT2D eigenvalue weighted by molar-refractivity contribution is 6.00. The summed E-state index contributed by atoms with van der Waals surface area (Å²) in [5.74, 6) is -1.65. The van der Waals surface area contributed by atoms with Crippen molar-refractivity contribution in [2.45, 2.75) is 13.5 Å². The van der Waals surface area contributed by atoms with Gasteiger partial charge in [0.15, 0.2) is 11.5 Å². The lowest BCUT2D eigenvalue weighted by molar-refractivity contribution is -0.115. The topological polar surface area (TPSA) is 106 Å². The summed E-state index contributed by atoms with van der Waals surface area (Å²) in [6.07, 6.45) is 0. The molecule has 0 atom stereocenters. The lowest BCUT2D eigenvalue weighted by Gasteiger charge is -2.12. The monoisotopic (exact) mass is 421 g/mol. The van der Waals surface area contributed by atoms with Gasteiger partial charge < -0.3 is 25.4 Å². The number of hydrogen-bond donors (Lipinski definition) is 3. The second-order valence-corrected chi connectivity index (χ2v) is 5.92. The van der Waals surface area contributed by atoms with Gasteiger partial charge in [-0.15, -0.1) is 0 Å². The number of halogens is 2. The van der Waals surface area contributed by atoms with Crippen LogP contribution in [-0.4, -0.2) is 44.5 Å². The number of nitrogens with one attached hydrogen (secondary N) is 3. The van der Waals surface area contributed by atoms with Gasteiger partial charge >= 0.3 is 6.61 Å². The Morgan fingerprint density at radius 2 is 1.67 bits per heavy atom. The Labute approximate surface area is 171 Å². The van der Waals surface area contributed by atoms with Crippen molar-refractivity contribution in [1.82, 2.24) is 10.6 Å². The van der Waals surface area contributed by atoms with Gasteiger partial charge in [0.25, 0.3) is 11.8 Å². The minimum Gasteiger partial charge on any atom is -0.493 e. The summed E-state index contributed by atoms with van der Waals surface area (Å²) in [5, 5.41) is 7.65. The van der Waals surface area contributed by atoms with Crippen LogP contribution in [0.3, 0.4) is 0 Å². The van der Waals surface area contributed by atoms with Gasteiger partial charge in [0.1, 0.15) is 0 Å². The van der Waals surface area contributed by atoms with Crippen molar-refractivity contribution in [3.63, 3.8) is 0 Å². The van der Waals surface area contributed by atoms with Crippen molar-refractivity contribution in [3.05, 3.63) is 53.6 Å². The molecule has 0 saturated carbocycles. The maximum Gasteiger partial charge on any atom is 0.387 e. The molecule has 0 bridgehead atoms. The number of rotatable bonds is 9. The average molecular weight is 421 g/mol. The molecule has 0 saturated heterocycles. The zero-order valence-corrected chi connectivity index (χ0v) is 16.3. The SMILES string of the molecule is CCNC(=O)c1cccc(NC(=O)CNC(=O)c2ccc(OC(F)F)c(OC)c2)c1. The Hall–Kier alpha value is -3.69. The molecule has 3 amide bonds. The van der Waals surface area contributed by atoms with Crippen molar-refractivity contribution in [2.24, 2.45) is 0 Å². The summed E-state index contributed by atoms with van der Waals surface area (Å²) < 4.78 is 34.0. The van der Waals surface area contributed by atoms with Gasteiger partial charge in [0.05, 0.1) is 13.7 Å². The van der Waals surface area contributed by atoms with E-state index in [-0.39, 0.29) is 29.5 Å². The molecule has 0 aromatic heterocycles. The molecule has 2 aromatic carbocycles. The molecule has 0 radical (unpaired) electrons. The molecule has 8 nitrogen and oxygen atoms in total. The maximum atomic E-state index is 12.4. The standard InChI is InChI=1S/C20H21F2N3O5/c1-3-23-18(27)12-5-4-6-14(9-12)25-17(26)11-24-19(28)13-7-8-15(30-20(21)22)16(10-13)29-2/h4-10,20H,3,11H2,1-2H3,(H,23,27)(H,24,28)(H,25,26). The smallest absolute Gasteiger partial charge is 0.387 e. The highest BCUT2D eigenvalue weighted by Gasteiger charge is 2.15. The Morgan fingerprint density at radius 3 is 2.33 bits per heavy atom. The van der Waals surface area contributed by atoms with Crippen LogP contribution in [0.5, 0.6) is 11.5 Å². The molecular weight excluding hydrogens is 400 g/mol. The number of hydrogen-bond acceptors (Lipinski definition) is 5. The fraction of sp³-hybridized carbons (Fsp3) is 0.250. The summed E-state index contributed by atoms with van der Waals surface area (Å²) in [6.45, 7) is -1.11. The van der Waals surface area contributed by atoms with Crippen LogP contribution in [0, 0.1) is 0 Å². The Kier molecular flexibility index (Phi) is 8.09. The Morgan fingerprint density at radius 1 is 0.967 bits per heavy atom. The molecule has 0 spiro atoms. The molecule has 0 aliphatic heterocycles. The molecule has 0 aliphatic rings. The first kappa shape index (κ1) is 22.6. The zero-order valence-electron chi connectivity index (χ0n) is 16.3. The number of alkyl halides is 2. The number of anilines is 1. The van der Waals surface area contributed by atoms with Gasteiger partial charge in [-0.1, -0.05) is 6.07 Å². The molecule has 0 aliphatic carbocycles. The van der Waals surface area contributed by atoms with E-state index in [1.807, 2.05) is 0 Å². The molecule has 0 fully saturated rings. The predicted octanol–water partition coefficient (Wildman–Crippen LogP) is 2.41. The Balaban J connectivity index is 1.95. The van der Waals surface area contributed by atoms with Gasteiger partial charge in [0.2, 0.25) is 5.91 Å². The van der Waals surface area contributed by atoms with Crippen molar-refractivity contribution < 1.29 is 32.6 Å². The third-order valence-electron chi connectivity index (χ3n) is 3.80. The number of carbonyl (C=O) groups is 3. The second-order valence-electron chi connectivity index (χ2n) is 5.92. The van der Waals surface area contributed by atoms with Crippen molar-refractivity contribution in [2.75, 3.05) is 25.5 Å². The second kappa shape index (κ2) is 10.7. The lowest BCUT2D eigenvalue weighted by Crippen LogP contribution is -2.33. The number of ether oxygens (including phenoxy) is 2. The summed E-state index contributed by atoms with van der Waals surface area (Å²) in [5.41, 5.74) is 0.879. The van der Waals surface area contributed by atoms with Crippen LogP contribution in [0.15, 0.2) is 42.5 Å². The molecule has 10 heteroatoms. The van der Waals surface area contributed by atoms with Crippen molar-refractivity contribution in [1.29, 1.82) is 0 Å². The fourth-order valence-corrected chi connectivity index (χ4v) is 2.47. The molecule has 30 heavy (non-hydrogen) atoms. The molecular formula is C20H21F2N3O5. The van der Waals surface area contributed by atoms with Crippen LogP contribution in [0.25, 0.3) is 0 Å². The quantitative estimate of drug-likeness (QED) is 0.577. The largest absolute Gasteiger partial charge is 0.493 e. The molecule has 160 valence electrons. The number of amides is 3. The fourth-order valence-electron chi connectivity index (χ4n) is 2.47. The normalized spacial score (nSPS) is 10.3. The van der Waals surface area contributed by atoms with Gasteiger partial charge in [-0.3, -0.25) is 14.4 Å². The lowest BCUT2D eigenvalue weighted by atomic mass is 10.2. The van der Waals surface area contributed by atoms with Gasteiger partial charge in [-0.25, -0.2) is 0 Å². The van der Waals surface area contributed by atoms with Crippen LogP contribution in [-0.2, 0) is 4.79 Å². The minimum atomic E-state index is -3.03. The molecule has 0 unspecified atom stereocenters. The maximum absolute atomic E-state index is 12.4. The highest BCUT2D eigenvalue weighted by Crippen LogP contribution is 2.29. The van der Waals surface area contributed by atoms with E-state index in [0.717, 1.165) is 0 Å². The van der Waals surface area contributed by atoms with E-state index < -0.39 is 18.4 Å². The van der Waals surface area contributed by atoms with Gasteiger partial charge in [-0.2, -0.15) is 8.78 Å². The van der Waals surface area contributed by atoms with Crippen LogP contribution >= 0.6 is 0 Å². The van der Waals surface area contributed by atoms with E-state index in [0.29, 0.717) is 17.8 Å². The molecule has 3 N–H and O–H groups in total. The van der Waals surface area contributed by atoms with Crippen LogP contribution < -0.4 is 25.4 Å².